The number of ketones is 1. The standard InChI is InChI=1S/C13H13BrN4O3S.C11H9N5.C9H5BrF3N3O.CH5BO2/c1-9-2-4-10(5-3-9)22(20,21)17-13-6-16-11(14)7-18(13)8-12(15)19;12-10-7-16-6-9(14-5-11(16)15-10)8-1-3-13-4-2-8;10-7-4-16-3-5(15-8(16)2-14-7)1-6(17)9(11,12)13;1-2(3)4/h2-7H,8H2,1H3,(H2,15,19);1-7H,12H2;2-4H,1H2;3-4H,1H3. The number of carbonyl (C=O) groups is 2. The number of fused-ring (bicyclic) bond motifs is 2. The molecule has 0 aliphatic rings. The first-order valence-electron chi connectivity index (χ1n) is 16.5. The van der Waals surface area contributed by atoms with E-state index < -0.39 is 41.4 Å². The molecule has 0 unspecified atom stereocenters. The van der Waals surface area contributed by atoms with E-state index in [-0.39, 0.29) is 22.6 Å². The maximum absolute atomic E-state index is 12.3. The smallest absolute Gasteiger partial charge is 0.427 e. The van der Waals surface area contributed by atoms with E-state index >= 15 is 0 Å². The highest BCUT2D eigenvalue weighted by Crippen LogP contribution is 2.20. The number of Topliss-reactive ketones (excluding diaryl/α,β-unsaturated/α-hetero) is 1. The molecule has 0 saturated carbocycles. The van der Waals surface area contributed by atoms with E-state index in [0.717, 1.165) is 22.5 Å². The second kappa shape index (κ2) is 20.2. The number of hydrogen-bond donors (Lipinski definition) is 4. The molecule has 0 spiro atoms. The van der Waals surface area contributed by atoms with Crippen LogP contribution < -0.4 is 17.0 Å². The normalized spacial score (nSPS) is 11.4. The summed E-state index contributed by atoms with van der Waals surface area (Å²) in [5, 5.41) is 15.2. The molecule has 1 aromatic carbocycles. The van der Waals surface area contributed by atoms with Crippen molar-refractivity contribution >= 4 is 77.8 Å². The molecule has 6 aromatic heterocycles. The van der Waals surface area contributed by atoms with E-state index in [4.69, 9.17) is 21.5 Å². The number of aromatic nitrogens is 9. The number of aryl methyl sites for hydroxylation is 1. The fourth-order valence-electron chi connectivity index (χ4n) is 4.55. The molecule has 308 valence electrons. The summed E-state index contributed by atoms with van der Waals surface area (Å²) in [6.07, 6.45) is 10.3. The van der Waals surface area contributed by atoms with Crippen molar-refractivity contribution in [1.82, 2.24) is 43.3 Å². The number of carbonyl (C=O) groups excluding carboxylic acids is 2. The van der Waals surface area contributed by atoms with Crippen LogP contribution >= 0.6 is 31.9 Å². The maximum atomic E-state index is 12.3. The largest absolute Gasteiger partial charge is 0.450 e. The molecule has 0 atom stereocenters. The summed E-state index contributed by atoms with van der Waals surface area (Å²) in [5.41, 5.74) is 14.8. The summed E-state index contributed by atoms with van der Waals surface area (Å²) in [6, 6.07) is 10.1. The predicted octanol–water partition coefficient (Wildman–Crippen LogP) is 3.36. The number of anilines is 1. The Bertz CT molecular complexity index is 2730. The molecular formula is C34H32BBr2F3N12O6S. The molecule has 0 fully saturated rings. The van der Waals surface area contributed by atoms with E-state index in [1.54, 1.807) is 43.1 Å². The minimum absolute atomic E-state index is 0.0163. The molecule has 18 nitrogen and oxygen atoms in total. The highest BCUT2D eigenvalue weighted by atomic mass is 79.9. The van der Waals surface area contributed by atoms with Crippen LogP contribution in [0.2, 0.25) is 6.82 Å². The summed E-state index contributed by atoms with van der Waals surface area (Å²) in [6.45, 7) is 2.93. The lowest BCUT2D eigenvalue weighted by Crippen LogP contribution is -2.29. The average molecular weight is 964 g/mol. The SMILES string of the molecule is CB(O)O.Cc1ccc(S(=O)(=O)N=c2cnc(Br)cn2CC(N)=O)cc1.Nc1cn2cc(-c3ccncc3)ncc2n1.O=C(Cc1cn2cc(Br)ncc2n1)C(F)(F)F. The van der Waals surface area contributed by atoms with Gasteiger partial charge in [0.2, 0.25) is 11.7 Å². The summed E-state index contributed by atoms with van der Waals surface area (Å²) in [7, 11) is -5.07. The van der Waals surface area contributed by atoms with E-state index in [0.29, 0.717) is 20.7 Å². The number of nitrogen functional groups attached to an aromatic ring is 1. The van der Waals surface area contributed by atoms with Gasteiger partial charge in [0.25, 0.3) is 10.0 Å². The summed E-state index contributed by atoms with van der Waals surface area (Å²) in [4.78, 5) is 46.0. The van der Waals surface area contributed by atoms with Crippen LogP contribution in [0.15, 0.2) is 117 Å². The highest BCUT2D eigenvalue weighted by Gasteiger charge is 2.38. The van der Waals surface area contributed by atoms with Crippen LogP contribution in [-0.2, 0) is 32.6 Å². The van der Waals surface area contributed by atoms with Gasteiger partial charge < -0.3 is 34.9 Å². The Morgan fingerprint density at radius 3 is 2.07 bits per heavy atom. The summed E-state index contributed by atoms with van der Waals surface area (Å²) in [5.74, 6) is -1.94. The molecule has 0 bridgehead atoms. The van der Waals surface area contributed by atoms with Crippen molar-refractivity contribution in [3.8, 4) is 11.3 Å². The molecular weight excluding hydrogens is 932 g/mol. The molecule has 6 N–H and O–H groups in total. The fourth-order valence-corrected chi connectivity index (χ4v) is 6.20. The van der Waals surface area contributed by atoms with Crippen LogP contribution in [0.1, 0.15) is 11.3 Å². The van der Waals surface area contributed by atoms with E-state index in [1.165, 1.54) is 52.7 Å². The number of sulfonamides is 1. The van der Waals surface area contributed by atoms with Crippen LogP contribution in [0.3, 0.4) is 0 Å². The number of nitrogens with zero attached hydrogens (tertiary/aromatic N) is 10. The first kappa shape index (κ1) is 45.8. The molecule has 25 heteroatoms. The second-order valence-electron chi connectivity index (χ2n) is 11.9. The minimum atomic E-state index is -4.82. The topological polar surface area (TPSA) is 264 Å². The number of nitrogens with two attached hydrogens (primary N) is 2. The molecule has 0 saturated heterocycles. The lowest BCUT2D eigenvalue weighted by Gasteiger charge is -2.05. The van der Waals surface area contributed by atoms with Crippen LogP contribution in [0.5, 0.6) is 0 Å². The molecule has 7 rings (SSSR count). The summed E-state index contributed by atoms with van der Waals surface area (Å²) < 4.78 is 70.1. The van der Waals surface area contributed by atoms with E-state index in [1.807, 2.05) is 29.7 Å². The lowest BCUT2D eigenvalue weighted by molar-refractivity contribution is -0.170. The Balaban J connectivity index is 0.000000189. The predicted molar refractivity (Wildman–Crippen MR) is 215 cm³/mol. The minimum Gasteiger partial charge on any atom is -0.427 e. The van der Waals surface area contributed by atoms with Crippen molar-refractivity contribution < 1.29 is 41.2 Å². The monoisotopic (exact) mass is 962 g/mol. The molecule has 59 heavy (non-hydrogen) atoms. The molecule has 7 aromatic rings. The van der Waals surface area contributed by atoms with E-state index in [9.17, 15) is 31.2 Å². The van der Waals surface area contributed by atoms with Gasteiger partial charge in [-0.25, -0.2) is 19.9 Å². The van der Waals surface area contributed by atoms with Gasteiger partial charge in [0.05, 0.1) is 47.5 Å². The molecule has 0 radical (unpaired) electrons. The number of benzene rings is 1. The van der Waals surface area contributed by atoms with E-state index in [2.05, 4.69) is 66.2 Å². The zero-order valence-electron chi connectivity index (χ0n) is 30.7. The Morgan fingerprint density at radius 2 is 1.44 bits per heavy atom. The number of hydrogen-bond acceptors (Lipinski definition) is 13. The van der Waals surface area contributed by atoms with Gasteiger partial charge in [-0.05, 0) is 69.9 Å². The molecule has 0 aliphatic carbocycles. The van der Waals surface area contributed by atoms with Crippen LogP contribution in [0.4, 0.5) is 19.0 Å². The van der Waals surface area contributed by atoms with Crippen molar-refractivity contribution in [3.63, 3.8) is 0 Å². The average Bonchev–Trinajstić information content (AvgIpc) is 3.73. The number of amides is 1. The van der Waals surface area contributed by atoms with Gasteiger partial charge in [-0.15, -0.1) is 4.40 Å². The number of rotatable bonds is 7. The van der Waals surface area contributed by atoms with Gasteiger partial charge in [-0.1, -0.05) is 17.7 Å². The fraction of sp³-hybridized carbons (Fsp3) is 0.147. The van der Waals surface area contributed by atoms with Gasteiger partial charge in [0, 0.05) is 42.7 Å². The third-order valence-corrected chi connectivity index (χ3v) is 9.19. The highest BCUT2D eigenvalue weighted by molar-refractivity contribution is 9.10. The number of halogens is 5. The Morgan fingerprint density at radius 1 is 0.864 bits per heavy atom. The van der Waals surface area contributed by atoms with Gasteiger partial charge in [0.15, 0.2) is 16.8 Å². The third kappa shape index (κ3) is 14.2. The van der Waals surface area contributed by atoms with Gasteiger partial charge >= 0.3 is 13.3 Å². The lowest BCUT2D eigenvalue weighted by atomic mass is 9.99. The quantitative estimate of drug-likeness (QED) is 0.167. The van der Waals surface area contributed by atoms with Gasteiger partial charge in [-0.3, -0.25) is 19.6 Å². The van der Waals surface area contributed by atoms with Crippen LogP contribution in [0, 0.1) is 6.92 Å². The Hall–Kier alpha value is -5.89. The molecule has 6 heterocycles. The number of imidazole rings is 2. The summed E-state index contributed by atoms with van der Waals surface area (Å²) >= 11 is 6.26. The first-order chi connectivity index (χ1) is 27.7. The van der Waals surface area contributed by atoms with Gasteiger partial charge in [0.1, 0.15) is 21.6 Å². The van der Waals surface area contributed by atoms with Crippen molar-refractivity contribution in [1.29, 1.82) is 0 Å². The van der Waals surface area contributed by atoms with Crippen molar-refractivity contribution in [3.05, 3.63) is 124 Å². The number of pyridine rings is 1. The van der Waals surface area contributed by atoms with Crippen molar-refractivity contribution in [2.45, 2.75) is 37.8 Å². The Kier molecular flexibility index (Phi) is 15.7. The zero-order valence-corrected chi connectivity index (χ0v) is 34.7. The molecule has 0 aliphatic heterocycles. The van der Waals surface area contributed by atoms with Crippen LogP contribution in [0.25, 0.3) is 22.6 Å². The van der Waals surface area contributed by atoms with Crippen molar-refractivity contribution in [2.75, 3.05) is 5.73 Å². The zero-order chi connectivity index (χ0) is 43.5. The number of primary amides is 1. The maximum Gasteiger partial charge on any atom is 0.450 e. The Labute approximate surface area is 350 Å². The second-order valence-corrected chi connectivity index (χ2v) is 15.1. The van der Waals surface area contributed by atoms with Crippen molar-refractivity contribution in [2.24, 2.45) is 10.1 Å². The van der Waals surface area contributed by atoms with Crippen LogP contribution in [-0.4, -0.2) is 86.7 Å². The third-order valence-electron chi connectivity index (χ3n) is 7.07. The number of alkyl halides is 3. The first-order valence-corrected chi connectivity index (χ1v) is 19.6. The van der Waals surface area contributed by atoms with Gasteiger partial charge in [-0.2, -0.15) is 21.6 Å². The molecule has 1 amide bonds.